The van der Waals surface area contributed by atoms with Crippen molar-refractivity contribution < 1.29 is 49.7 Å². The summed E-state index contributed by atoms with van der Waals surface area (Å²) < 4.78 is 70.5. The molecule has 6 rings (SSSR count). The molecule has 15 heteroatoms. The van der Waals surface area contributed by atoms with Gasteiger partial charge in [0.1, 0.15) is 6.54 Å². The number of carbonyl (C=O) groups excluding carboxylic acids is 3. The van der Waals surface area contributed by atoms with E-state index in [1.54, 1.807) is 18.2 Å². The normalized spacial score (nSPS) is 21.5. The minimum Gasteiger partial charge on any atom is -0.344 e. The van der Waals surface area contributed by atoms with Crippen LogP contribution in [-0.4, -0.2) is 72.2 Å². The van der Waals surface area contributed by atoms with Crippen molar-refractivity contribution in [2.45, 2.75) is 99.7 Å². The highest BCUT2D eigenvalue weighted by atomic mass is 32.2. The predicted octanol–water partition coefficient (Wildman–Crippen LogP) is 7.91. The molecule has 0 bridgehead atoms. The highest BCUT2D eigenvalue weighted by molar-refractivity contribution is 7.86. The third-order valence-electron chi connectivity index (χ3n) is 11.4. The molecule has 322 valence electrons. The topological polar surface area (TPSA) is 179 Å². The highest BCUT2D eigenvalue weighted by Crippen LogP contribution is 2.49. The molecule has 2 aromatic rings. The number of carbonyl (C=O) groups is 3. The monoisotopic (exact) mass is 870 g/mol. The van der Waals surface area contributed by atoms with Gasteiger partial charge in [-0.05, 0) is 80.7 Å². The third kappa shape index (κ3) is 10.2. The zero-order valence-electron chi connectivity index (χ0n) is 34.8. The van der Waals surface area contributed by atoms with E-state index in [4.69, 9.17) is 4.84 Å². The first-order valence-corrected chi connectivity index (χ1v) is 23.2. The number of hydrogen-bond donors (Lipinski definition) is 2. The SMILES string of the molecule is CC1(C)C(/C=C/C=C/C=C2/N(CCCCCC(=O)ON3C(=O)CCC3=O)c3ccc(S(=O)(=O)O)cc3C2(C)C)=[N+](CCCC2=C/C=C\C=C/C=C\2)c2ccc(S(=O)(=O)O)cc21. The van der Waals surface area contributed by atoms with Crippen LogP contribution in [0.1, 0.15) is 90.2 Å². The highest BCUT2D eigenvalue weighted by Gasteiger charge is 2.45. The van der Waals surface area contributed by atoms with Gasteiger partial charge in [0.2, 0.25) is 5.69 Å². The lowest BCUT2D eigenvalue weighted by molar-refractivity contribution is -0.438. The van der Waals surface area contributed by atoms with Crippen LogP contribution < -0.4 is 4.90 Å². The van der Waals surface area contributed by atoms with Gasteiger partial charge in [0.05, 0.1) is 15.2 Å². The summed E-state index contributed by atoms with van der Waals surface area (Å²) in [5.41, 5.74) is 4.91. The first-order chi connectivity index (χ1) is 28.8. The molecule has 4 aliphatic rings. The van der Waals surface area contributed by atoms with E-state index in [2.05, 4.69) is 21.6 Å². The lowest BCUT2D eigenvalue weighted by Crippen LogP contribution is -2.32. The Morgan fingerprint density at radius 1 is 0.787 bits per heavy atom. The number of unbranched alkanes of at least 4 members (excludes halogenated alkanes) is 2. The van der Waals surface area contributed by atoms with E-state index in [0.717, 1.165) is 46.8 Å². The van der Waals surface area contributed by atoms with Crippen LogP contribution >= 0.6 is 0 Å². The van der Waals surface area contributed by atoms with Gasteiger partial charge in [0.15, 0.2) is 5.71 Å². The fourth-order valence-electron chi connectivity index (χ4n) is 8.21. The van der Waals surface area contributed by atoms with Gasteiger partial charge >= 0.3 is 5.97 Å². The maximum Gasteiger partial charge on any atom is 0.333 e. The summed E-state index contributed by atoms with van der Waals surface area (Å²) in [5, 5.41) is 0.546. The predicted molar refractivity (Wildman–Crippen MR) is 232 cm³/mol. The first kappa shape index (κ1) is 45.1. The number of rotatable bonds is 16. The van der Waals surface area contributed by atoms with Crippen LogP contribution in [0.15, 0.2) is 130 Å². The fourth-order valence-corrected chi connectivity index (χ4v) is 9.22. The molecule has 3 heterocycles. The van der Waals surface area contributed by atoms with Crippen molar-refractivity contribution in [3.05, 3.63) is 132 Å². The molecule has 0 radical (unpaired) electrons. The number of benzene rings is 2. The summed E-state index contributed by atoms with van der Waals surface area (Å²) in [6.07, 6.45) is 27.3. The van der Waals surface area contributed by atoms with E-state index in [9.17, 15) is 40.3 Å². The number of allylic oxidation sites excluding steroid dienone is 14. The van der Waals surface area contributed by atoms with Gasteiger partial charge < -0.3 is 9.74 Å². The zero-order chi connectivity index (χ0) is 44.2. The second kappa shape index (κ2) is 18.2. The molecule has 1 fully saturated rings. The standard InChI is InChI=1S/C46H51N3O10S2/c1-45(2)36-31-34(60(53,54)55)23-25-38(36)47(29-15-9-14-22-44(52)59-49-42(50)27-28-43(49)51)40(45)20-12-8-13-21-41-46(3,4)37-32-35(61(56,57)58)24-26-39(37)48(41)30-16-19-33-17-10-6-5-7-11-18-33/h5-8,10-13,17-18,20-21,23-26,31-32H,9,14-16,19,22,27-30H2,1-4H3,(H-,53,54,55,56,57,58)/p+1/b6-5-,7-5?,10-6?,11-7-,17-10-,18-11?,33-17?,33-18+. The van der Waals surface area contributed by atoms with Crippen LogP contribution in [0.5, 0.6) is 0 Å². The number of hydrogen-bond acceptors (Lipinski definition) is 9. The fraction of sp³-hybridized carbons (Fsp3) is 0.348. The van der Waals surface area contributed by atoms with Gasteiger partial charge in [-0.3, -0.25) is 18.7 Å². The number of nitrogens with zero attached hydrogens (tertiary/aromatic N) is 3. The third-order valence-corrected chi connectivity index (χ3v) is 13.1. The molecule has 0 aromatic heterocycles. The molecule has 0 unspecified atom stereocenters. The van der Waals surface area contributed by atoms with Gasteiger partial charge in [0.25, 0.3) is 32.1 Å². The van der Waals surface area contributed by atoms with Gasteiger partial charge in [-0.2, -0.15) is 21.4 Å². The molecule has 0 atom stereocenters. The number of fused-ring (bicyclic) bond motifs is 2. The number of imide groups is 1. The molecule has 0 spiro atoms. The van der Waals surface area contributed by atoms with Crippen LogP contribution in [0.25, 0.3) is 0 Å². The molecule has 1 aliphatic carbocycles. The average Bonchev–Trinajstić information content (AvgIpc) is 3.69. The van der Waals surface area contributed by atoms with E-state index in [0.29, 0.717) is 37.4 Å². The van der Waals surface area contributed by atoms with Crippen molar-refractivity contribution in [1.82, 2.24) is 5.06 Å². The van der Waals surface area contributed by atoms with Crippen molar-refractivity contribution in [3.63, 3.8) is 0 Å². The second-order valence-electron chi connectivity index (χ2n) is 16.4. The second-order valence-corrected chi connectivity index (χ2v) is 19.2. The average molecular weight is 871 g/mol. The minimum atomic E-state index is -4.46. The minimum absolute atomic E-state index is 0.0225. The largest absolute Gasteiger partial charge is 0.344 e. The molecule has 2 aromatic carbocycles. The lowest BCUT2D eigenvalue weighted by atomic mass is 9.81. The van der Waals surface area contributed by atoms with E-state index in [-0.39, 0.29) is 29.1 Å². The summed E-state index contributed by atoms with van der Waals surface area (Å²) in [5.74, 6) is -1.71. The van der Waals surface area contributed by atoms with Crippen molar-refractivity contribution >= 4 is 55.1 Å². The quantitative estimate of drug-likeness (QED) is 0.0551. The Labute approximate surface area is 357 Å². The first-order valence-electron chi connectivity index (χ1n) is 20.3. The number of anilines is 1. The van der Waals surface area contributed by atoms with Crippen LogP contribution in [-0.2, 0) is 50.3 Å². The molecule has 3 aliphatic heterocycles. The molecule has 2 amide bonds. The van der Waals surface area contributed by atoms with Crippen molar-refractivity contribution in [2.75, 3.05) is 18.0 Å². The van der Waals surface area contributed by atoms with E-state index in [1.165, 1.54) is 23.8 Å². The number of amides is 2. The molecule has 2 N–H and O–H groups in total. The van der Waals surface area contributed by atoms with E-state index < -0.39 is 48.8 Å². The zero-order valence-corrected chi connectivity index (χ0v) is 36.4. The summed E-state index contributed by atoms with van der Waals surface area (Å²) >= 11 is 0. The molecular formula is C46H52N3O10S2+. The summed E-state index contributed by atoms with van der Waals surface area (Å²) in [6, 6.07) is 9.27. The summed E-state index contributed by atoms with van der Waals surface area (Å²) in [4.78, 5) is 42.7. The Bertz CT molecular complexity index is 2570. The maximum atomic E-state index is 12.4. The van der Waals surface area contributed by atoms with Gasteiger partial charge in [-0.1, -0.05) is 81.0 Å². The van der Waals surface area contributed by atoms with Gasteiger partial charge in [-0.25, -0.2) is 4.79 Å². The van der Waals surface area contributed by atoms with Gasteiger partial charge in [-0.15, -0.1) is 5.06 Å². The molecular weight excluding hydrogens is 819 g/mol. The Balaban J connectivity index is 1.22. The van der Waals surface area contributed by atoms with Crippen LogP contribution in [0.3, 0.4) is 0 Å². The Kier molecular flexibility index (Phi) is 13.5. The molecule has 13 nitrogen and oxygen atoms in total. The van der Waals surface area contributed by atoms with E-state index >= 15 is 0 Å². The van der Waals surface area contributed by atoms with Crippen molar-refractivity contribution in [2.24, 2.45) is 0 Å². The summed E-state index contributed by atoms with van der Waals surface area (Å²) in [7, 11) is -8.88. The van der Waals surface area contributed by atoms with Crippen LogP contribution in [0.2, 0.25) is 0 Å². The van der Waals surface area contributed by atoms with Gasteiger partial charge in [0, 0.05) is 66.7 Å². The summed E-state index contributed by atoms with van der Waals surface area (Å²) in [6.45, 7) is 9.20. The Morgan fingerprint density at radius 2 is 1.44 bits per heavy atom. The molecule has 61 heavy (non-hydrogen) atoms. The lowest BCUT2D eigenvalue weighted by Gasteiger charge is -2.27. The van der Waals surface area contributed by atoms with Crippen LogP contribution in [0, 0.1) is 0 Å². The smallest absolute Gasteiger partial charge is 0.333 e. The van der Waals surface area contributed by atoms with Crippen LogP contribution in [0.4, 0.5) is 11.4 Å². The molecule has 1 saturated heterocycles. The Morgan fingerprint density at radius 3 is 2.15 bits per heavy atom. The molecule has 0 saturated carbocycles. The van der Waals surface area contributed by atoms with Crippen molar-refractivity contribution in [1.29, 1.82) is 0 Å². The van der Waals surface area contributed by atoms with Crippen molar-refractivity contribution in [3.8, 4) is 0 Å². The maximum absolute atomic E-state index is 12.4. The number of hydroxylamine groups is 2. The Hall–Kier alpha value is -5.48. The van der Waals surface area contributed by atoms with E-state index in [1.807, 2.05) is 88.5 Å².